The smallest absolute Gasteiger partial charge is 0.122 e. The number of nitrogens with two attached hydrogens (primary N) is 1. The Bertz CT molecular complexity index is 1300. The van der Waals surface area contributed by atoms with Crippen LogP contribution in [0.15, 0.2) is 60.7 Å². The van der Waals surface area contributed by atoms with Gasteiger partial charge in [0.1, 0.15) is 5.72 Å². The van der Waals surface area contributed by atoms with E-state index in [0.717, 1.165) is 48.6 Å². The second-order valence-electron chi connectivity index (χ2n) is 17.7. The van der Waals surface area contributed by atoms with Gasteiger partial charge < -0.3 is 15.8 Å². The molecule has 0 radical (unpaired) electrons. The fourth-order valence-electron chi connectivity index (χ4n) is 13.1. The molecule has 2 aliphatic heterocycles. The van der Waals surface area contributed by atoms with Crippen LogP contribution in [0, 0.1) is 52.3 Å². The van der Waals surface area contributed by atoms with E-state index >= 15 is 0 Å². The minimum Gasteiger partial charge on any atom is -0.357 e. The zero-order valence-electron chi connectivity index (χ0n) is 29.1. The van der Waals surface area contributed by atoms with Gasteiger partial charge in [0.2, 0.25) is 0 Å². The van der Waals surface area contributed by atoms with Gasteiger partial charge in [-0.2, -0.15) is 0 Å². The molecule has 46 heavy (non-hydrogen) atoms. The molecule has 2 heterocycles. The Hall–Kier alpha value is -1.72. The average molecular weight is 624 g/mol. The molecule has 2 saturated heterocycles. The van der Waals surface area contributed by atoms with Crippen LogP contribution in [0.2, 0.25) is 0 Å². The predicted molar refractivity (Wildman–Crippen MR) is 188 cm³/mol. The topological polar surface area (TPSA) is 59.3 Å². The molecule has 4 heteroatoms. The Balaban J connectivity index is 0.920. The Morgan fingerprint density at radius 3 is 2.20 bits per heavy atom. The monoisotopic (exact) mass is 623 g/mol. The first-order valence-corrected chi connectivity index (χ1v) is 19.2. The SMILES string of the molecule is C[C@H]1CC[C@]2(NC1)O[C@H]1C[C@H]3[C@@H]4CC[C@H]5CC(NC[C@@H](N)C(c6ccccc6)c6ccccc6)CC[C@]5(C)[C@H]4CC[C@]3(C)[C@H]1[C@@H]2C. The van der Waals surface area contributed by atoms with Crippen molar-refractivity contribution in [2.45, 2.75) is 122 Å². The highest BCUT2D eigenvalue weighted by Gasteiger charge is 2.68. The van der Waals surface area contributed by atoms with Gasteiger partial charge in [0.25, 0.3) is 0 Å². The molecule has 0 aromatic heterocycles. The van der Waals surface area contributed by atoms with Gasteiger partial charge in [0.15, 0.2) is 0 Å². The third kappa shape index (κ3) is 5.06. The molecule has 4 nitrogen and oxygen atoms in total. The lowest BCUT2D eigenvalue weighted by atomic mass is 9.44. The predicted octanol–water partition coefficient (Wildman–Crippen LogP) is 8.12. The van der Waals surface area contributed by atoms with E-state index in [1.165, 1.54) is 75.3 Å². The highest BCUT2D eigenvalue weighted by atomic mass is 16.5. The van der Waals surface area contributed by atoms with Crippen molar-refractivity contribution in [2.24, 2.45) is 58.0 Å². The molecule has 4 N–H and O–H groups in total. The van der Waals surface area contributed by atoms with Crippen LogP contribution in [0.3, 0.4) is 0 Å². The first-order valence-electron chi connectivity index (χ1n) is 19.2. The van der Waals surface area contributed by atoms with Crippen molar-refractivity contribution in [3.8, 4) is 0 Å². The molecule has 1 unspecified atom stereocenters. The first kappa shape index (κ1) is 31.5. The lowest BCUT2D eigenvalue weighted by Crippen LogP contribution is -2.58. The molecule has 4 saturated carbocycles. The van der Waals surface area contributed by atoms with E-state index in [1.54, 1.807) is 0 Å². The number of hydrogen-bond acceptors (Lipinski definition) is 4. The Kier molecular flexibility index (Phi) is 8.23. The van der Waals surface area contributed by atoms with Crippen molar-refractivity contribution >= 4 is 0 Å². The van der Waals surface area contributed by atoms with Crippen LogP contribution in [0.4, 0.5) is 0 Å². The summed E-state index contributed by atoms with van der Waals surface area (Å²) >= 11 is 0. The Morgan fingerprint density at radius 2 is 1.52 bits per heavy atom. The maximum Gasteiger partial charge on any atom is 0.122 e. The second kappa shape index (κ2) is 12.0. The molecule has 2 aromatic carbocycles. The highest BCUT2D eigenvalue weighted by Crippen LogP contribution is 2.71. The number of piperidine rings is 1. The summed E-state index contributed by atoms with van der Waals surface area (Å²) in [6.45, 7) is 12.4. The zero-order valence-corrected chi connectivity index (χ0v) is 29.1. The summed E-state index contributed by atoms with van der Waals surface area (Å²) < 4.78 is 7.15. The summed E-state index contributed by atoms with van der Waals surface area (Å²) in [5.74, 6) is 5.82. The molecule has 250 valence electrons. The van der Waals surface area contributed by atoms with E-state index in [1.807, 2.05) is 0 Å². The number of hydrogen-bond donors (Lipinski definition) is 3. The summed E-state index contributed by atoms with van der Waals surface area (Å²) in [6.07, 6.45) is 14.0. The minimum atomic E-state index is -0.0492. The zero-order chi connectivity index (χ0) is 31.7. The molecule has 6 aliphatic rings. The fourth-order valence-corrected chi connectivity index (χ4v) is 13.1. The lowest BCUT2D eigenvalue weighted by Gasteiger charge is -2.61. The van der Waals surface area contributed by atoms with Crippen LogP contribution in [-0.2, 0) is 4.74 Å². The molecule has 4 aliphatic carbocycles. The summed E-state index contributed by atoms with van der Waals surface area (Å²) in [6, 6.07) is 22.4. The molecule has 8 rings (SSSR count). The van der Waals surface area contributed by atoms with Crippen molar-refractivity contribution in [3.63, 3.8) is 0 Å². The highest BCUT2D eigenvalue weighted by molar-refractivity contribution is 5.34. The quantitative estimate of drug-likeness (QED) is 0.304. The number of benzene rings is 2. The lowest BCUT2D eigenvalue weighted by molar-refractivity contribution is -0.134. The Morgan fingerprint density at radius 1 is 0.826 bits per heavy atom. The van der Waals surface area contributed by atoms with Crippen molar-refractivity contribution in [1.82, 2.24) is 10.6 Å². The molecule has 0 bridgehead atoms. The van der Waals surface area contributed by atoms with Crippen molar-refractivity contribution < 1.29 is 4.74 Å². The molecule has 2 aromatic rings. The van der Waals surface area contributed by atoms with Gasteiger partial charge in [-0.1, -0.05) is 88.4 Å². The maximum atomic E-state index is 7.15. The standard InChI is InChI=1S/C42H61N3O/c1-27-17-22-42(45-25-27)28(2)39-37(46-42)24-35-33-16-15-31-23-32(18-20-40(31,3)34(33)19-21-41(35,39)4)44-26-36(43)38(29-11-7-5-8-12-29)30-13-9-6-10-14-30/h5-14,27-28,31-39,44-45H,15-26,43H2,1-4H3/t27-,28-,31-,32?,33+,34-,35-,36+,37-,39-,40-,41-,42-/m0/s1. The summed E-state index contributed by atoms with van der Waals surface area (Å²) in [4.78, 5) is 0. The summed E-state index contributed by atoms with van der Waals surface area (Å²) in [7, 11) is 0. The minimum absolute atomic E-state index is 0.0441. The molecule has 6 fully saturated rings. The van der Waals surface area contributed by atoms with E-state index in [9.17, 15) is 0 Å². The molecule has 0 amide bonds. The summed E-state index contributed by atoms with van der Waals surface area (Å²) in [5, 5.41) is 7.96. The third-order valence-electron chi connectivity index (χ3n) is 15.5. The largest absolute Gasteiger partial charge is 0.357 e. The van der Waals surface area contributed by atoms with Gasteiger partial charge in [-0.25, -0.2) is 0 Å². The number of ether oxygens (including phenoxy) is 1. The van der Waals surface area contributed by atoms with E-state index in [2.05, 4.69) is 99.0 Å². The second-order valence-corrected chi connectivity index (χ2v) is 17.7. The van der Waals surface area contributed by atoms with Gasteiger partial charge in [-0.3, -0.25) is 5.32 Å². The van der Waals surface area contributed by atoms with Crippen LogP contribution >= 0.6 is 0 Å². The first-order chi connectivity index (χ1) is 22.2. The maximum absolute atomic E-state index is 7.15. The van der Waals surface area contributed by atoms with E-state index in [0.29, 0.717) is 28.9 Å². The average Bonchev–Trinajstić information content (AvgIpc) is 3.52. The molecule has 1 spiro atoms. The number of fused-ring (bicyclic) bond motifs is 7. The van der Waals surface area contributed by atoms with E-state index < -0.39 is 0 Å². The summed E-state index contributed by atoms with van der Waals surface area (Å²) in [5.41, 5.74) is 10.6. The van der Waals surface area contributed by atoms with Crippen LogP contribution in [0.25, 0.3) is 0 Å². The molecular weight excluding hydrogens is 562 g/mol. The van der Waals surface area contributed by atoms with Crippen molar-refractivity contribution in [3.05, 3.63) is 71.8 Å². The number of nitrogens with one attached hydrogen (secondary N) is 2. The normalized spacial score (nSPS) is 45.6. The van der Waals surface area contributed by atoms with Crippen LogP contribution in [-0.4, -0.2) is 37.0 Å². The number of rotatable bonds is 6. The van der Waals surface area contributed by atoms with Crippen LogP contribution < -0.4 is 16.4 Å². The van der Waals surface area contributed by atoms with Gasteiger partial charge in [-0.05, 0) is 122 Å². The van der Waals surface area contributed by atoms with Gasteiger partial charge in [-0.15, -0.1) is 0 Å². The molecule has 13 atom stereocenters. The van der Waals surface area contributed by atoms with E-state index in [4.69, 9.17) is 10.5 Å². The van der Waals surface area contributed by atoms with E-state index in [-0.39, 0.29) is 17.7 Å². The molecular formula is C42H61N3O. The Labute approximate surface area is 279 Å². The van der Waals surface area contributed by atoms with Crippen molar-refractivity contribution in [1.29, 1.82) is 0 Å². The van der Waals surface area contributed by atoms with Crippen LogP contribution in [0.1, 0.15) is 109 Å². The van der Waals surface area contributed by atoms with Gasteiger partial charge in [0.05, 0.1) is 6.10 Å². The fraction of sp³-hybridized carbons (Fsp3) is 0.714. The van der Waals surface area contributed by atoms with Gasteiger partial charge in [0, 0.05) is 37.0 Å². The third-order valence-corrected chi connectivity index (χ3v) is 15.5. The van der Waals surface area contributed by atoms with Crippen LogP contribution in [0.5, 0.6) is 0 Å². The van der Waals surface area contributed by atoms with Gasteiger partial charge >= 0.3 is 0 Å². The van der Waals surface area contributed by atoms with Crippen molar-refractivity contribution in [2.75, 3.05) is 13.1 Å².